The SMILES string of the molecule is O=C(c1ccc(CN(Cc2ccccc2)Cc2ccc(Cl)cc2)o1)N1CCCC1. The second kappa shape index (κ2) is 9.29. The maximum absolute atomic E-state index is 12.6. The van der Waals surface area contributed by atoms with Gasteiger partial charge in [-0.2, -0.15) is 0 Å². The highest BCUT2D eigenvalue weighted by atomic mass is 35.5. The third kappa shape index (κ3) is 5.28. The van der Waals surface area contributed by atoms with Gasteiger partial charge in [0.15, 0.2) is 5.76 Å². The number of rotatable bonds is 7. The van der Waals surface area contributed by atoms with Crippen molar-refractivity contribution in [2.24, 2.45) is 0 Å². The predicted molar refractivity (Wildman–Crippen MR) is 115 cm³/mol. The van der Waals surface area contributed by atoms with Gasteiger partial charge in [-0.25, -0.2) is 0 Å². The summed E-state index contributed by atoms with van der Waals surface area (Å²) in [6.07, 6.45) is 2.15. The average molecular weight is 409 g/mol. The van der Waals surface area contributed by atoms with Gasteiger partial charge >= 0.3 is 0 Å². The van der Waals surface area contributed by atoms with Crippen LogP contribution in [0.4, 0.5) is 0 Å². The molecular formula is C24H25ClN2O2. The van der Waals surface area contributed by atoms with Crippen LogP contribution in [0, 0.1) is 0 Å². The van der Waals surface area contributed by atoms with Crippen molar-refractivity contribution >= 4 is 17.5 Å². The molecular weight excluding hydrogens is 384 g/mol. The Balaban J connectivity index is 1.48. The van der Waals surface area contributed by atoms with E-state index in [0.717, 1.165) is 49.8 Å². The number of furan rings is 1. The van der Waals surface area contributed by atoms with Crippen molar-refractivity contribution in [3.05, 3.63) is 94.4 Å². The van der Waals surface area contributed by atoms with Gasteiger partial charge in [-0.1, -0.05) is 54.1 Å². The molecule has 2 heterocycles. The lowest BCUT2D eigenvalue weighted by atomic mass is 10.1. The number of hydrogen-bond acceptors (Lipinski definition) is 3. The molecule has 0 unspecified atom stereocenters. The third-order valence-electron chi connectivity index (χ3n) is 5.21. The van der Waals surface area contributed by atoms with E-state index in [1.807, 2.05) is 41.3 Å². The van der Waals surface area contributed by atoms with Crippen LogP contribution in [0.2, 0.25) is 5.02 Å². The zero-order valence-corrected chi connectivity index (χ0v) is 17.1. The predicted octanol–water partition coefficient (Wildman–Crippen LogP) is 5.37. The lowest BCUT2D eigenvalue weighted by Gasteiger charge is -2.21. The number of halogens is 1. The normalized spacial score (nSPS) is 13.9. The highest BCUT2D eigenvalue weighted by Gasteiger charge is 2.22. The van der Waals surface area contributed by atoms with Crippen molar-refractivity contribution < 1.29 is 9.21 Å². The smallest absolute Gasteiger partial charge is 0.289 e. The fourth-order valence-electron chi connectivity index (χ4n) is 3.73. The summed E-state index contributed by atoms with van der Waals surface area (Å²) in [6.45, 7) is 3.84. The molecule has 1 aliphatic rings. The Morgan fingerprint density at radius 1 is 0.862 bits per heavy atom. The van der Waals surface area contributed by atoms with Crippen LogP contribution >= 0.6 is 11.6 Å². The van der Waals surface area contributed by atoms with Gasteiger partial charge in [-0.15, -0.1) is 0 Å². The van der Waals surface area contributed by atoms with Crippen LogP contribution in [-0.2, 0) is 19.6 Å². The van der Waals surface area contributed by atoms with E-state index in [1.54, 1.807) is 6.07 Å². The van der Waals surface area contributed by atoms with Crippen LogP contribution < -0.4 is 0 Å². The molecule has 4 nitrogen and oxygen atoms in total. The molecule has 2 aromatic carbocycles. The Morgan fingerprint density at radius 3 is 2.21 bits per heavy atom. The largest absolute Gasteiger partial charge is 0.455 e. The minimum atomic E-state index is 0.000982. The number of benzene rings is 2. The van der Waals surface area contributed by atoms with Gasteiger partial charge in [0.05, 0.1) is 6.54 Å². The lowest BCUT2D eigenvalue weighted by Crippen LogP contribution is -2.27. The molecule has 29 heavy (non-hydrogen) atoms. The summed E-state index contributed by atoms with van der Waals surface area (Å²) in [5.41, 5.74) is 2.42. The van der Waals surface area contributed by atoms with Crippen molar-refractivity contribution in [2.45, 2.75) is 32.5 Å². The first-order valence-electron chi connectivity index (χ1n) is 10.1. The summed E-state index contributed by atoms with van der Waals surface area (Å²) in [7, 11) is 0. The summed E-state index contributed by atoms with van der Waals surface area (Å²) >= 11 is 6.03. The molecule has 5 heteroatoms. The summed E-state index contributed by atoms with van der Waals surface area (Å²) in [4.78, 5) is 16.7. The van der Waals surface area contributed by atoms with Gasteiger partial charge < -0.3 is 9.32 Å². The molecule has 0 radical (unpaired) electrons. The molecule has 1 aromatic heterocycles. The lowest BCUT2D eigenvalue weighted by molar-refractivity contribution is 0.0756. The number of carbonyl (C=O) groups is 1. The Morgan fingerprint density at radius 2 is 1.52 bits per heavy atom. The molecule has 4 rings (SSSR count). The topological polar surface area (TPSA) is 36.7 Å². The van der Waals surface area contributed by atoms with Crippen LogP contribution in [0.25, 0.3) is 0 Å². The standard InChI is InChI=1S/C24H25ClN2O2/c25-21-10-8-20(9-11-21)17-26(16-19-6-2-1-3-7-19)18-22-12-13-23(29-22)24(28)27-14-4-5-15-27/h1-3,6-13H,4-5,14-18H2. The van der Waals surface area contributed by atoms with Crippen LogP contribution in [0.15, 0.2) is 71.1 Å². The van der Waals surface area contributed by atoms with Crippen molar-refractivity contribution in [1.82, 2.24) is 9.80 Å². The van der Waals surface area contributed by atoms with E-state index in [1.165, 1.54) is 11.1 Å². The first-order valence-corrected chi connectivity index (χ1v) is 10.4. The van der Waals surface area contributed by atoms with E-state index in [2.05, 4.69) is 29.2 Å². The minimum absolute atomic E-state index is 0.000982. The van der Waals surface area contributed by atoms with Crippen molar-refractivity contribution in [1.29, 1.82) is 0 Å². The Kier molecular flexibility index (Phi) is 6.33. The van der Waals surface area contributed by atoms with Gasteiger partial charge in [0.25, 0.3) is 5.91 Å². The second-order valence-electron chi connectivity index (χ2n) is 7.52. The van der Waals surface area contributed by atoms with E-state index in [-0.39, 0.29) is 5.91 Å². The molecule has 3 aromatic rings. The first kappa shape index (κ1) is 19.7. The second-order valence-corrected chi connectivity index (χ2v) is 7.96. The van der Waals surface area contributed by atoms with E-state index < -0.39 is 0 Å². The van der Waals surface area contributed by atoms with Crippen molar-refractivity contribution in [3.8, 4) is 0 Å². The van der Waals surface area contributed by atoms with Crippen LogP contribution in [0.5, 0.6) is 0 Å². The Labute approximate surface area is 176 Å². The quantitative estimate of drug-likeness (QED) is 0.527. The van der Waals surface area contributed by atoms with E-state index in [0.29, 0.717) is 12.3 Å². The average Bonchev–Trinajstić information content (AvgIpc) is 3.42. The molecule has 1 fully saturated rings. The fourth-order valence-corrected chi connectivity index (χ4v) is 3.86. The van der Waals surface area contributed by atoms with E-state index in [4.69, 9.17) is 16.0 Å². The van der Waals surface area contributed by atoms with Gasteiger partial charge in [-0.3, -0.25) is 9.69 Å². The molecule has 1 saturated heterocycles. The van der Waals surface area contributed by atoms with Crippen LogP contribution in [-0.4, -0.2) is 28.8 Å². The van der Waals surface area contributed by atoms with Crippen LogP contribution in [0.3, 0.4) is 0 Å². The first-order chi connectivity index (χ1) is 14.2. The maximum atomic E-state index is 12.6. The monoisotopic (exact) mass is 408 g/mol. The van der Waals surface area contributed by atoms with Crippen molar-refractivity contribution in [3.63, 3.8) is 0 Å². The molecule has 0 atom stereocenters. The summed E-state index contributed by atoms with van der Waals surface area (Å²) in [5.74, 6) is 1.24. The third-order valence-corrected chi connectivity index (χ3v) is 5.47. The maximum Gasteiger partial charge on any atom is 0.289 e. The number of hydrogen-bond donors (Lipinski definition) is 0. The highest BCUT2D eigenvalue weighted by Crippen LogP contribution is 2.19. The molecule has 150 valence electrons. The molecule has 0 spiro atoms. The van der Waals surface area contributed by atoms with Crippen LogP contribution in [0.1, 0.15) is 40.3 Å². The number of nitrogens with zero attached hydrogens (tertiary/aromatic N) is 2. The highest BCUT2D eigenvalue weighted by molar-refractivity contribution is 6.30. The summed E-state index contributed by atoms with van der Waals surface area (Å²) < 4.78 is 5.93. The Bertz CT molecular complexity index is 931. The molecule has 1 amide bonds. The van der Waals surface area contributed by atoms with Gasteiger partial charge in [0.1, 0.15) is 5.76 Å². The van der Waals surface area contributed by atoms with E-state index in [9.17, 15) is 4.79 Å². The molecule has 0 saturated carbocycles. The van der Waals surface area contributed by atoms with E-state index >= 15 is 0 Å². The molecule has 1 aliphatic heterocycles. The summed E-state index contributed by atoms with van der Waals surface area (Å²) in [5, 5.41) is 0.736. The molecule has 0 aliphatic carbocycles. The zero-order chi connectivity index (χ0) is 20.1. The number of likely N-dealkylation sites (tertiary alicyclic amines) is 1. The van der Waals surface area contributed by atoms with Gasteiger partial charge in [0, 0.05) is 31.2 Å². The fraction of sp³-hybridized carbons (Fsp3) is 0.292. The minimum Gasteiger partial charge on any atom is -0.455 e. The zero-order valence-electron chi connectivity index (χ0n) is 16.4. The van der Waals surface area contributed by atoms with Gasteiger partial charge in [0.2, 0.25) is 0 Å². The van der Waals surface area contributed by atoms with Gasteiger partial charge in [-0.05, 0) is 48.2 Å². The molecule has 0 N–H and O–H groups in total. The van der Waals surface area contributed by atoms with Crippen molar-refractivity contribution in [2.75, 3.05) is 13.1 Å². The number of amides is 1. The summed E-state index contributed by atoms with van der Waals surface area (Å²) in [6, 6.07) is 22.0. The Hall–Kier alpha value is -2.56. The molecule has 0 bridgehead atoms. The number of carbonyl (C=O) groups excluding carboxylic acids is 1.